The van der Waals surface area contributed by atoms with Crippen LogP contribution >= 0.6 is 0 Å². The van der Waals surface area contributed by atoms with E-state index in [1.807, 2.05) is 35.3 Å². The fraction of sp³-hybridized carbons (Fsp3) is 0.500. The number of carbonyl (C=O) groups is 1. The number of benzene rings is 1. The number of methoxy groups -OCH3 is 1. The lowest BCUT2D eigenvalue weighted by atomic mass is 9.97. The molecule has 0 spiro atoms. The van der Waals surface area contributed by atoms with Gasteiger partial charge in [-0.05, 0) is 31.9 Å². The molecule has 1 amide bonds. The molecule has 0 bridgehead atoms. The summed E-state index contributed by atoms with van der Waals surface area (Å²) in [7, 11) is 1.57. The number of alkyl halides is 3. The van der Waals surface area contributed by atoms with E-state index < -0.39 is 24.5 Å². The van der Waals surface area contributed by atoms with E-state index in [4.69, 9.17) is 4.74 Å². The van der Waals surface area contributed by atoms with Crippen molar-refractivity contribution < 1.29 is 22.7 Å². The van der Waals surface area contributed by atoms with E-state index in [1.54, 1.807) is 7.11 Å². The minimum atomic E-state index is -4.42. The summed E-state index contributed by atoms with van der Waals surface area (Å²) in [4.78, 5) is 23.0. The van der Waals surface area contributed by atoms with Gasteiger partial charge in [0.2, 0.25) is 11.9 Å². The summed E-state index contributed by atoms with van der Waals surface area (Å²) in [6.07, 6.45) is -3.19. The molecule has 0 aliphatic carbocycles. The molecule has 1 saturated heterocycles. The van der Waals surface area contributed by atoms with Crippen molar-refractivity contribution in [1.29, 1.82) is 0 Å². The number of amides is 1. The van der Waals surface area contributed by atoms with Crippen LogP contribution in [0, 0.1) is 12.8 Å². The summed E-state index contributed by atoms with van der Waals surface area (Å²) in [5.41, 5.74) is 1.52. The Kier molecular flexibility index (Phi) is 5.38. The molecule has 2 heterocycles. The molecule has 1 unspecified atom stereocenters. The summed E-state index contributed by atoms with van der Waals surface area (Å²) >= 11 is 0. The van der Waals surface area contributed by atoms with Crippen LogP contribution in [-0.4, -0.2) is 48.8 Å². The Bertz CT molecular complexity index is 841. The molecule has 1 N–H and O–H groups in total. The van der Waals surface area contributed by atoms with E-state index in [0.29, 0.717) is 37.6 Å². The first kappa shape index (κ1) is 19.2. The second-order valence-corrected chi connectivity index (χ2v) is 6.61. The molecule has 9 heteroatoms. The van der Waals surface area contributed by atoms with Gasteiger partial charge in [0.15, 0.2) is 0 Å². The van der Waals surface area contributed by atoms with Crippen LogP contribution in [0.1, 0.15) is 18.5 Å². The second-order valence-electron chi connectivity index (χ2n) is 6.61. The van der Waals surface area contributed by atoms with Crippen molar-refractivity contribution in [3.05, 3.63) is 23.9 Å². The van der Waals surface area contributed by atoms with Crippen molar-refractivity contribution in [2.45, 2.75) is 25.9 Å². The molecule has 2 aromatic rings. The number of carbonyl (C=O) groups excluding carboxylic acids is 1. The highest BCUT2D eigenvalue weighted by Gasteiger charge is 2.32. The van der Waals surface area contributed by atoms with Crippen LogP contribution in [0.2, 0.25) is 0 Å². The predicted octanol–water partition coefficient (Wildman–Crippen LogP) is 2.84. The van der Waals surface area contributed by atoms with Gasteiger partial charge in [-0.1, -0.05) is 0 Å². The van der Waals surface area contributed by atoms with Crippen molar-refractivity contribution in [3.8, 4) is 5.75 Å². The number of fused-ring (bicyclic) bond motifs is 1. The Labute approximate surface area is 154 Å². The molecule has 27 heavy (non-hydrogen) atoms. The lowest BCUT2D eigenvalue weighted by Crippen LogP contribution is -2.45. The normalized spacial score (nSPS) is 17.8. The Morgan fingerprint density at radius 3 is 2.85 bits per heavy atom. The maximum Gasteiger partial charge on any atom is 0.405 e. The van der Waals surface area contributed by atoms with Crippen LogP contribution in [0.4, 0.5) is 19.1 Å². The maximum absolute atomic E-state index is 12.3. The van der Waals surface area contributed by atoms with E-state index in [1.165, 1.54) is 0 Å². The van der Waals surface area contributed by atoms with Crippen LogP contribution in [0.25, 0.3) is 10.9 Å². The number of ether oxygens (including phenoxy) is 1. The summed E-state index contributed by atoms with van der Waals surface area (Å²) < 4.78 is 42.2. The number of piperidine rings is 1. The van der Waals surface area contributed by atoms with Crippen molar-refractivity contribution in [3.63, 3.8) is 0 Å². The highest BCUT2D eigenvalue weighted by Crippen LogP contribution is 2.26. The number of hydrogen-bond acceptors (Lipinski definition) is 5. The lowest BCUT2D eigenvalue weighted by Gasteiger charge is -2.32. The molecule has 6 nitrogen and oxygen atoms in total. The van der Waals surface area contributed by atoms with E-state index in [2.05, 4.69) is 9.97 Å². The van der Waals surface area contributed by atoms with Crippen molar-refractivity contribution in [1.82, 2.24) is 15.3 Å². The number of rotatable bonds is 4. The third-order valence-corrected chi connectivity index (χ3v) is 4.62. The smallest absolute Gasteiger partial charge is 0.405 e. The number of anilines is 1. The quantitative estimate of drug-likeness (QED) is 0.881. The molecule has 0 radical (unpaired) electrons. The average molecular weight is 382 g/mol. The molecule has 1 aliphatic rings. The summed E-state index contributed by atoms with van der Waals surface area (Å²) in [5, 5.41) is 2.87. The Balaban J connectivity index is 1.78. The minimum absolute atomic E-state index is 0.290. The van der Waals surface area contributed by atoms with Crippen molar-refractivity contribution in [2.75, 3.05) is 31.6 Å². The van der Waals surface area contributed by atoms with Crippen LogP contribution in [-0.2, 0) is 4.79 Å². The van der Waals surface area contributed by atoms with Gasteiger partial charge in [0.1, 0.15) is 12.3 Å². The molecule has 1 fully saturated rings. The summed E-state index contributed by atoms with van der Waals surface area (Å²) in [6, 6.07) is 5.53. The zero-order chi connectivity index (χ0) is 19.6. The largest absolute Gasteiger partial charge is 0.497 e. The SMILES string of the molecule is COc1ccc2c(C)nc(N3CCCC(C(=O)NCC(F)(F)F)C3)nc2c1. The van der Waals surface area contributed by atoms with Gasteiger partial charge in [0.25, 0.3) is 0 Å². The molecule has 1 aromatic carbocycles. The molecule has 0 saturated carbocycles. The van der Waals surface area contributed by atoms with Crippen molar-refractivity contribution >= 4 is 22.8 Å². The molecular formula is C18H21F3N4O2. The monoisotopic (exact) mass is 382 g/mol. The van der Waals surface area contributed by atoms with Gasteiger partial charge in [0, 0.05) is 24.5 Å². The third-order valence-electron chi connectivity index (χ3n) is 4.62. The molecule has 3 rings (SSSR count). The lowest BCUT2D eigenvalue weighted by molar-refractivity contribution is -0.140. The van der Waals surface area contributed by atoms with Gasteiger partial charge in [-0.15, -0.1) is 0 Å². The maximum atomic E-state index is 12.3. The number of aryl methyl sites for hydroxylation is 1. The van der Waals surface area contributed by atoms with Crippen LogP contribution in [0.3, 0.4) is 0 Å². The predicted molar refractivity (Wildman–Crippen MR) is 94.8 cm³/mol. The zero-order valence-corrected chi connectivity index (χ0v) is 15.1. The van der Waals surface area contributed by atoms with Gasteiger partial charge in [-0.3, -0.25) is 4.79 Å². The first-order valence-corrected chi connectivity index (χ1v) is 8.68. The first-order chi connectivity index (χ1) is 12.8. The zero-order valence-electron chi connectivity index (χ0n) is 15.1. The van der Waals surface area contributed by atoms with Crippen LogP contribution in [0.5, 0.6) is 5.75 Å². The van der Waals surface area contributed by atoms with Gasteiger partial charge >= 0.3 is 6.18 Å². The Morgan fingerprint density at radius 1 is 1.37 bits per heavy atom. The Hall–Kier alpha value is -2.58. The van der Waals surface area contributed by atoms with E-state index in [0.717, 1.165) is 16.6 Å². The highest BCUT2D eigenvalue weighted by molar-refractivity contribution is 5.83. The Morgan fingerprint density at radius 2 is 2.15 bits per heavy atom. The topological polar surface area (TPSA) is 67.3 Å². The third kappa shape index (κ3) is 4.58. The first-order valence-electron chi connectivity index (χ1n) is 8.68. The average Bonchev–Trinajstić information content (AvgIpc) is 2.65. The van der Waals surface area contributed by atoms with Crippen LogP contribution < -0.4 is 15.0 Å². The van der Waals surface area contributed by atoms with Gasteiger partial charge in [0.05, 0.1) is 24.2 Å². The minimum Gasteiger partial charge on any atom is -0.497 e. The standard InChI is InChI=1S/C18H21F3N4O2/c1-11-14-6-5-13(27-2)8-15(14)24-17(23-11)25-7-3-4-12(9-25)16(26)22-10-18(19,20)21/h5-6,8,12H,3-4,7,9-10H2,1-2H3,(H,22,26). The van der Waals surface area contributed by atoms with E-state index >= 15 is 0 Å². The second kappa shape index (κ2) is 7.58. The van der Waals surface area contributed by atoms with E-state index in [9.17, 15) is 18.0 Å². The van der Waals surface area contributed by atoms with Gasteiger partial charge in [-0.2, -0.15) is 13.2 Å². The summed E-state index contributed by atoms with van der Waals surface area (Å²) in [6.45, 7) is 1.50. The molecular weight excluding hydrogens is 361 g/mol. The van der Waals surface area contributed by atoms with E-state index in [-0.39, 0.29) is 0 Å². The highest BCUT2D eigenvalue weighted by atomic mass is 19.4. The summed E-state index contributed by atoms with van der Waals surface area (Å²) in [5.74, 6) is 0.0402. The molecule has 1 aromatic heterocycles. The number of nitrogens with zero attached hydrogens (tertiary/aromatic N) is 3. The molecule has 1 atom stereocenters. The van der Waals surface area contributed by atoms with Gasteiger partial charge in [-0.25, -0.2) is 9.97 Å². The van der Waals surface area contributed by atoms with Crippen LogP contribution in [0.15, 0.2) is 18.2 Å². The fourth-order valence-corrected chi connectivity index (χ4v) is 3.23. The number of halogens is 3. The molecule has 1 aliphatic heterocycles. The number of aromatic nitrogens is 2. The van der Waals surface area contributed by atoms with Gasteiger partial charge < -0.3 is 15.0 Å². The number of hydrogen-bond donors (Lipinski definition) is 1. The molecule has 146 valence electrons. The number of nitrogens with one attached hydrogen (secondary N) is 1. The van der Waals surface area contributed by atoms with Crippen molar-refractivity contribution in [2.24, 2.45) is 5.92 Å². The fourth-order valence-electron chi connectivity index (χ4n) is 3.23.